The van der Waals surface area contributed by atoms with Gasteiger partial charge in [0, 0.05) is 16.0 Å². The Bertz CT molecular complexity index is 725. The van der Waals surface area contributed by atoms with Gasteiger partial charge in [-0.25, -0.2) is 9.78 Å². The number of thiazole rings is 1. The molecule has 1 fully saturated rings. The number of benzene rings is 1. The summed E-state index contributed by atoms with van der Waals surface area (Å²) in [5.74, 6) is -1.21. The van der Waals surface area contributed by atoms with Gasteiger partial charge in [0.25, 0.3) is 0 Å². The molecule has 7 heteroatoms. The summed E-state index contributed by atoms with van der Waals surface area (Å²) in [5.41, 5.74) is 1.57. The average Bonchev–Trinajstić information content (AvgIpc) is 3.25. The number of aromatic nitrogens is 1. The summed E-state index contributed by atoms with van der Waals surface area (Å²) in [6.07, 6.45) is 1.80. The maximum atomic E-state index is 12.0. The van der Waals surface area contributed by atoms with E-state index in [9.17, 15) is 9.59 Å². The number of halogens is 1. The Hall–Kier alpha value is -1.92. The summed E-state index contributed by atoms with van der Waals surface area (Å²) in [6, 6.07) is 6.55. The molecule has 1 aromatic carbocycles. The molecule has 1 amide bonds. The van der Waals surface area contributed by atoms with Gasteiger partial charge < -0.3 is 10.4 Å². The van der Waals surface area contributed by atoms with E-state index in [4.69, 9.17) is 16.7 Å². The van der Waals surface area contributed by atoms with Gasteiger partial charge in [0.05, 0.1) is 12.1 Å². The summed E-state index contributed by atoms with van der Waals surface area (Å²) in [4.78, 5) is 27.6. The number of carboxylic acid groups (broad SMARTS) is 1. The lowest BCUT2D eigenvalue weighted by atomic mass is 10.2. The second-order valence-corrected chi connectivity index (χ2v) is 6.84. The third kappa shape index (κ3) is 4.09. The van der Waals surface area contributed by atoms with Crippen molar-refractivity contribution in [3.63, 3.8) is 0 Å². The second-order valence-electron chi connectivity index (χ2n) is 5.55. The van der Waals surface area contributed by atoms with Crippen molar-refractivity contribution in [2.75, 3.05) is 0 Å². The molecule has 0 aliphatic heterocycles. The molecule has 0 radical (unpaired) electrons. The first-order chi connectivity index (χ1) is 11.0. The Balaban J connectivity index is 1.63. The third-order valence-electron chi connectivity index (χ3n) is 3.66. The van der Waals surface area contributed by atoms with E-state index in [0.29, 0.717) is 10.7 Å². The first-order valence-corrected chi connectivity index (χ1v) is 8.51. The van der Waals surface area contributed by atoms with E-state index in [0.717, 1.165) is 23.4 Å². The number of hydrogen-bond acceptors (Lipinski definition) is 4. The van der Waals surface area contributed by atoms with Gasteiger partial charge in [-0.15, -0.1) is 11.3 Å². The maximum Gasteiger partial charge on any atom is 0.326 e. The van der Waals surface area contributed by atoms with Gasteiger partial charge in [-0.3, -0.25) is 4.79 Å². The summed E-state index contributed by atoms with van der Waals surface area (Å²) in [7, 11) is 0. The molecule has 5 nitrogen and oxygen atoms in total. The number of nitrogens with zero attached hydrogens (tertiary/aromatic N) is 1. The van der Waals surface area contributed by atoms with Crippen molar-refractivity contribution in [1.82, 2.24) is 10.3 Å². The lowest BCUT2D eigenvalue weighted by Gasteiger charge is -2.12. The van der Waals surface area contributed by atoms with E-state index >= 15 is 0 Å². The van der Waals surface area contributed by atoms with Crippen molar-refractivity contribution in [3.8, 4) is 10.6 Å². The molecule has 3 rings (SSSR count). The number of aliphatic carboxylic acids is 1. The predicted octanol–water partition coefficient (Wildman–Crippen LogP) is 2.99. The van der Waals surface area contributed by atoms with Gasteiger partial charge in [0.15, 0.2) is 0 Å². The van der Waals surface area contributed by atoms with Crippen LogP contribution in [0.1, 0.15) is 18.5 Å². The summed E-state index contributed by atoms with van der Waals surface area (Å²) in [5, 5.41) is 15.0. The lowest BCUT2D eigenvalue weighted by Crippen LogP contribution is -2.43. The van der Waals surface area contributed by atoms with Crippen LogP contribution in [0.4, 0.5) is 0 Å². The van der Waals surface area contributed by atoms with Crippen molar-refractivity contribution in [2.45, 2.75) is 25.3 Å². The molecule has 2 aromatic rings. The van der Waals surface area contributed by atoms with Crippen LogP contribution < -0.4 is 5.32 Å². The van der Waals surface area contributed by atoms with E-state index in [2.05, 4.69) is 10.3 Å². The fraction of sp³-hybridized carbons (Fsp3) is 0.312. The molecule has 1 heterocycles. The first kappa shape index (κ1) is 16.0. The molecular weight excluding hydrogens is 336 g/mol. The van der Waals surface area contributed by atoms with Crippen LogP contribution in [0, 0.1) is 5.92 Å². The second kappa shape index (κ2) is 6.68. The van der Waals surface area contributed by atoms with Crippen LogP contribution >= 0.6 is 22.9 Å². The largest absolute Gasteiger partial charge is 0.480 e. The number of carboxylic acids is 1. The minimum Gasteiger partial charge on any atom is -0.480 e. The monoisotopic (exact) mass is 350 g/mol. The summed E-state index contributed by atoms with van der Waals surface area (Å²) in [6.45, 7) is 0. The maximum absolute atomic E-state index is 12.0. The molecule has 1 aliphatic carbocycles. The Kier molecular flexibility index (Phi) is 4.63. The number of rotatable bonds is 6. The number of carbonyl (C=O) groups is 2. The molecule has 120 valence electrons. The predicted molar refractivity (Wildman–Crippen MR) is 88.6 cm³/mol. The molecule has 0 spiro atoms. The number of nitrogens with one attached hydrogen (secondary N) is 1. The topological polar surface area (TPSA) is 79.3 Å². The van der Waals surface area contributed by atoms with Crippen LogP contribution in [0.5, 0.6) is 0 Å². The highest BCUT2D eigenvalue weighted by atomic mass is 35.5. The van der Waals surface area contributed by atoms with Crippen molar-refractivity contribution in [2.24, 2.45) is 5.92 Å². The highest BCUT2D eigenvalue weighted by Crippen LogP contribution is 2.32. The number of hydrogen-bond donors (Lipinski definition) is 2. The van der Waals surface area contributed by atoms with Gasteiger partial charge in [0.2, 0.25) is 5.91 Å². The minimum atomic E-state index is -0.971. The van der Waals surface area contributed by atoms with Gasteiger partial charge >= 0.3 is 5.97 Å². The quantitative estimate of drug-likeness (QED) is 0.839. The van der Waals surface area contributed by atoms with E-state index in [1.807, 2.05) is 17.5 Å². The average molecular weight is 351 g/mol. The van der Waals surface area contributed by atoms with Crippen molar-refractivity contribution >= 4 is 34.8 Å². The molecule has 1 atom stereocenters. The molecular formula is C16H15ClN2O3S. The standard InChI is InChI=1S/C16H15ClN2O3S/c17-11-5-3-10(4-6-11)15-18-12(8-23-15)7-13(20)19-14(16(21)22)9-1-2-9/h3-6,8-9,14H,1-2,7H2,(H,19,20)(H,21,22). The molecule has 0 bridgehead atoms. The highest BCUT2D eigenvalue weighted by Gasteiger charge is 2.37. The molecule has 1 unspecified atom stereocenters. The normalized spacial score (nSPS) is 15.2. The fourth-order valence-electron chi connectivity index (χ4n) is 2.31. The molecule has 1 aliphatic rings. The van der Waals surface area contributed by atoms with Crippen LogP contribution in [-0.2, 0) is 16.0 Å². The Morgan fingerprint density at radius 2 is 2.04 bits per heavy atom. The Morgan fingerprint density at radius 3 is 2.65 bits per heavy atom. The molecule has 2 N–H and O–H groups in total. The first-order valence-electron chi connectivity index (χ1n) is 7.25. The van der Waals surface area contributed by atoms with E-state index in [1.54, 1.807) is 12.1 Å². The van der Waals surface area contributed by atoms with Gasteiger partial charge in [-0.05, 0) is 30.9 Å². The fourth-order valence-corrected chi connectivity index (χ4v) is 3.26. The van der Waals surface area contributed by atoms with E-state index in [-0.39, 0.29) is 18.2 Å². The molecule has 1 aromatic heterocycles. The Labute approximate surface area is 142 Å². The zero-order valence-corrected chi connectivity index (χ0v) is 13.7. The zero-order valence-electron chi connectivity index (χ0n) is 12.2. The molecule has 0 saturated heterocycles. The van der Waals surface area contributed by atoms with Crippen LogP contribution in [0.2, 0.25) is 5.02 Å². The van der Waals surface area contributed by atoms with Crippen LogP contribution in [0.3, 0.4) is 0 Å². The van der Waals surface area contributed by atoms with E-state index < -0.39 is 12.0 Å². The van der Waals surface area contributed by atoms with Crippen LogP contribution in [0.25, 0.3) is 10.6 Å². The smallest absolute Gasteiger partial charge is 0.326 e. The van der Waals surface area contributed by atoms with Crippen molar-refractivity contribution in [3.05, 3.63) is 40.4 Å². The SMILES string of the molecule is O=C(Cc1csc(-c2ccc(Cl)cc2)n1)NC(C(=O)O)C1CC1. The van der Waals surface area contributed by atoms with Gasteiger partial charge in [-0.1, -0.05) is 23.7 Å². The third-order valence-corrected chi connectivity index (χ3v) is 4.85. The van der Waals surface area contributed by atoms with Gasteiger partial charge in [-0.2, -0.15) is 0 Å². The summed E-state index contributed by atoms with van der Waals surface area (Å²) >= 11 is 7.30. The van der Waals surface area contributed by atoms with Crippen molar-refractivity contribution < 1.29 is 14.7 Å². The molecule has 1 saturated carbocycles. The zero-order chi connectivity index (χ0) is 16.4. The summed E-state index contributed by atoms with van der Waals surface area (Å²) < 4.78 is 0. The van der Waals surface area contributed by atoms with Gasteiger partial charge in [0.1, 0.15) is 11.0 Å². The minimum absolute atomic E-state index is 0.0662. The number of carbonyl (C=O) groups excluding carboxylic acids is 1. The Morgan fingerprint density at radius 1 is 1.35 bits per heavy atom. The highest BCUT2D eigenvalue weighted by molar-refractivity contribution is 7.13. The van der Waals surface area contributed by atoms with Crippen LogP contribution in [0.15, 0.2) is 29.6 Å². The van der Waals surface area contributed by atoms with Crippen LogP contribution in [-0.4, -0.2) is 28.0 Å². The molecule has 23 heavy (non-hydrogen) atoms. The number of amides is 1. The van der Waals surface area contributed by atoms with Crippen molar-refractivity contribution in [1.29, 1.82) is 0 Å². The lowest BCUT2D eigenvalue weighted by molar-refractivity contribution is -0.142. The van der Waals surface area contributed by atoms with E-state index in [1.165, 1.54) is 11.3 Å².